The van der Waals surface area contributed by atoms with Crippen LogP contribution in [0.15, 0.2) is 5.16 Å². The van der Waals surface area contributed by atoms with Gasteiger partial charge in [-0.25, -0.2) is 0 Å². The molecule has 0 atom stereocenters. The number of hydrogen-bond acceptors (Lipinski definition) is 4. The summed E-state index contributed by atoms with van der Waals surface area (Å²) < 4.78 is 5.07. The number of oxime groups is 1. The molecule has 20 heavy (non-hydrogen) atoms. The van der Waals surface area contributed by atoms with E-state index >= 15 is 0 Å². The van der Waals surface area contributed by atoms with Gasteiger partial charge in [0.25, 0.3) is 0 Å². The van der Waals surface area contributed by atoms with Crippen molar-refractivity contribution in [3.05, 3.63) is 0 Å². The van der Waals surface area contributed by atoms with Crippen LogP contribution < -0.4 is 11.1 Å². The molecule has 0 heterocycles. The maximum absolute atomic E-state index is 12.5. The number of nitrogens with zero attached hydrogens (tertiary/aromatic N) is 1. The lowest BCUT2D eigenvalue weighted by molar-refractivity contribution is -0.128. The van der Waals surface area contributed by atoms with Crippen LogP contribution in [0, 0.1) is 10.8 Å². The standard InChI is InChI=1S/C14H27N3O3/c1-13(2,8-9-20-3)10-16-12(18)14(11(15)17-19)6-4-5-7-14/h19H,4-10H2,1-3H3,(H2,15,17)(H,16,18). The SMILES string of the molecule is COCCC(C)(C)CNC(=O)C1(C(N)=NO)CCCC1. The van der Waals surface area contributed by atoms with Crippen molar-refractivity contribution in [2.45, 2.75) is 46.0 Å². The van der Waals surface area contributed by atoms with Crippen LogP contribution in [0.1, 0.15) is 46.0 Å². The third kappa shape index (κ3) is 3.85. The number of amidine groups is 1. The molecule has 0 radical (unpaired) electrons. The van der Waals surface area contributed by atoms with E-state index in [1.807, 2.05) is 0 Å². The second-order valence-electron chi connectivity index (χ2n) is 6.36. The van der Waals surface area contributed by atoms with Crippen molar-refractivity contribution >= 4 is 11.7 Å². The molecule has 4 N–H and O–H groups in total. The Hall–Kier alpha value is -1.30. The topological polar surface area (TPSA) is 96.9 Å². The van der Waals surface area contributed by atoms with E-state index in [1.165, 1.54) is 0 Å². The third-order valence-electron chi connectivity index (χ3n) is 4.20. The van der Waals surface area contributed by atoms with Crippen LogP contribution in [0.5, 0.6) is 0 Å². The number of rotatable bonds is 7. The quantitative estimate of drug-likeness (QED) is 0.285. The Bertz CT molecular complexity index is 361. The van der Waals surface area contributed by atoms with E-state index in [2.05, 4.69) is 24.3 Å². The zero-order valence-corrected chi connectivity index (χ0v) is 12.7. The van der Waals surface area contributed by atoms with Crippen molar-refractivity contribution in [1.29, 1.82) is 0 Å². The Morgan fingerprint density at radius 2 is 2.05 bits per heavy atom. The molecule has 1 aliphatic rings. The molecule has 6 heteroatoms. The van der Waals surface area contributed by atoms with Gasteiger partial charge in [-0.1, -0.05) is 31.8 Å². The average Bonchev–Trinajstić information content (AvgIpc) is 2.92. The van der Waals surface area contributed by atoms with Crippen LogP contribution in [0.4, 0.5) is 0 Å². The first-order chi connectivity index (χ1) is 9.38. The number of ether oxygens (including phenoxy) is 1. The van der Waals surface area contributed by atoms with E-state index in [1.54, 1.807) is 7.11 Å². The largest absolute Gasteiger partial charge is 0.409 e. The molecule has 6 nitrogen and oxygen atoms in total. The molecule has 1 fully saturated rings. The minimum Gasteiger partial charge on any atom is -0.409 e. The van der Waals surface area contributed by atoms with E-state index in [0.29, 0.717) is 26.0 Å². The molecule has 0 aromatic rings. The molecule has 116 valence electrons. The lowest BCUT2D eigenvalue weighted by Gasteiger charge is -2.30. The highest BCUT2D eigenvalue weighted by Gasteiger charge is 2.45. The first-order valence-electron chi connectivity index (χ1n) is 7.13. The number of methoxy groups -OCH3 is 1. The van der Waals surface area contributed by atoms with E-state index in [-0.39, 0.29) is 17.2 Å². The number of hydrogen-bond donors (Lipinski definition) is 3. The van der Waals surface area contributed by atoms with Gasteiger partial charge in [0.2, 0.25) is 5.91 Å². The van der Waals surface area contributed by atoms with Gasteiger partial charge < -0.3 is 21.0 Å². The molecule has 1 amide bonds. The van der Waals surface area contributed by atoms with Crippen molar-refractivity contribution in [2.75, 3.05) is 20.3 Å². The first kappa shape index (κ1) is 16.8. The minimum atomic E-state index is -0.827. The van der Waals surface area contributed by atoms with Crippen molar-refractivity contribution in [3.63, 3.8) is 0 Å². The van der Waals surface area contributed by atoms with Gasteiger partial charge in [0.15, 0.2) is 5.84 Å². The number of carbonyl (C=O) groups excluding carboxylic acids is 1. The van der Waals surface area contributed by atoms with Gasteiger partial charge in [-0.05, 0) is 24.7 Å². The zero-order chi connectivity index (χ0) is 15.2. The highest BCUT2D eigenvalue weighted by molar-refractivity contribution is 6.07. The molecule has 0 aromatic carbocycles. The summed E-state index contributed by atoms with van der Waals surface area (Å²) in [5.41, 5.74) is 4.88. The fraction of sp³-hybridized carbons (Fsp3) is 0.857. The Morgan fingerprint density at radius 1 is 1.45 bits per heavy atom. The third-order valence-corrected chi connectivity index (χ3v) is 4.20. The monoisotopic (exact) mass is 285 g/mol. The maximum atomic E-state index is 12.5. The fourth-order valence-electron chi connectivity index (χ4n) is 2.63. The van der Waals surface area contributed by atoms with Gasteiger partial charge >= 0.3 is 0 Å². The van der Waals surface area contributed by atoms with E-state index < -0.39 is 5.41 Å². The highest BCUT2D eigenvalue weighted by atomic mass is 16.5. The van der Waals surface area contributed by atoms with Crippen LogP contribution >= 0.6 is 0 Å². The maximum Gasteiger partial charge on any atom is 0.233 e. The molecular weight excluding hydrogens is 258 g/mol. The van der Waals surface area contributed by atoms with Crippen molar-refractivity contribution in [1.82, 2.24) is 5.32 Å². The van der Waals surface area contributed by atoms with Gasteiger partial charge in [0, 0.05) is 20.3 Å². The molecule has 0 aliphatic heterocycles. The first-order valence-corrected chi connectivity index (χ1v) is 7.13. The van der Waals surface area contributed by atoms with Crippen LogP contribution in [0.25, 0.3) is 0 Å². The average molecular weight is 285 g/mol. The van der Waals surface area contributed by atoms with Gasteiger partial charge in [-0.3, -0.25) is 4.79 Å². The molecule has 0 unspecified atom stereocenters. The molecule has 0 spiro atoms. The number of nitrogens with one attached hydrogen (secondary N) is 1. The summed E-state index contributed by atoms with van der Waals surface area (Å²) in [5.74, 6) is -0.0991. The molecule has 0 bridgehead atoms. The van der Waals surface area contributed by atoms with Crippen molar-refractivity contribution < 1.29 is 14.7 Å². The normalized spacial score (nSPS) is 19.1. The second-order valence-corrected chi connectivity index (χ2v) is 6.36. The Balaban J connectivity index is 2.64. The summed E-state index contributed by atoms with van der Waals surface area (Å²) in [5, 5.41) is 15.0. The van der Waals surface area contributed by atoms with Gasteiger partial charge in [-0.2, -0.15) is 0 Å². The molecule has 1 aliphatic carbocycles. The second kappa shape index (κ2) is 6.92. The van der Waals surface area contributed by atoms with Gasteiger partial charge in [0.1, 0.15) is 5.41 Å². The van der Waals surface area contributed by atoms with E-state index in [9.17, 15) is 4.79 Å². The summed E-state index contributed by atoms with van der Waals surface area (Å²) in [6.07, 6.45) is 4.01. The smallest absolute Gasteiger partial charge is 0.233 e. The molecule has 1 saturated carbocycles. The Kier molecular flexibility index (Phi) is 5.80. The predicted octanol–water partition coefficient (Wildman–Crippen LogP) is 1.47. The molecule has 0 aromatic heterocycles. The van der Waals surface area contributed by atoms with E-state index in [0.717, 1.165) is 19.3 Å². The number of nitrogens with two attached hydrogens (primary N) is 1. The van der Waals surface area contributed by atoms with E-state index in [4.69, 9.17) is 15.7 Å². The molecular formula is C14H27N3O3. The number of amides is 1. The lowest BCUT2D eigenvalue weighted by atomic mass is 9.83. The summed E-state index contributed by atoms with van der Waals surface area (Å²) >= 11 is 0. The summed E-state index contributed by atoms with van der Waals surface area (Å²) in [4.78, 5) is 12.5. The van der Waals surface area contributed by atoms with Gasteiger partial charge in [0.05, 0.1) is 0 Å². The number of carbonyl (C=O) groups is 1. The lowest BCUT2D eigenvalue weighted by Crippen LogP contribution is -2.50. The van der Waals surface area contributed by atoms with Crippen LogP contribution in [-0.2, 0) is 9.53 Å². The van der Waals surface area contributed by atoms with Crippen LogP contribution in [0.3, 0.4) is 0 Å². The Morgan fingerprint density at radius 3 is 2.55 bits per heavy atom. The fourth-order valence-corrected chi connectivity index (χ4v) is 2.63. The minimum absolute atomic E-state index is 0.0298. The summed E-state index contributed by atoms with van der Waals surface area (Å²) in [7, 11) is 1.67. The molecule has 0 saturated heterocycles. The van der Waals surface area contributed by atoms with Crippen LogP contribution in [-0.4, -0.2) is 37.2 Å². The summed E-state index contributed by atoms with van der Waals surface area (Å²) in [6, 6.07) is 0. The summed E-state index contributed by atoms with van der Waals surface area (Å²) in [6.45, 7) is 5.37. The van der Waals surface area contributed by atoms with Crippen molar-refractivity contribution in [2.24, 2.45) is 21.7 Å². The molecule has 1 rings (SSSR count). The predicted molar refractivity (Wildman–Crippen MR) is 77.6 cm³/mol. The highest BCUT2D eigenvalue weighted by Crippen LogP contribution is 2.38. The van der Waals surface area contributed by atoms with Gasteiger partial charge in [-0.15, -0.1) is 0 Å². The van der Waals surface area contributed by atoms with Crippen LogP contribution in [0.2, 0.25) is 0 Å². The zero-order valence-electron chi connectivity index (χ0n) is 12.7. The van der Waals surface area contributed by atoms with Crippen molar-refractivity contribution in [3.8, 4) is 0 Å². The Labute approximate surface area is 120 Å².